The third kappa shape index (κ3) is 6.17. The molecule has 1 aliphatic heterocycles. The van der Waals surface area contributed by atoms with Gasteiger partial charge < -0.3 is 14.2 Å². The molecule has 2 aliphatic rings. The first-order valence-electron chi connectivity index (χ1n) is 12.4. The van der Waals surface area contributed by atoms with Crippen LogP contribution in [0.25, 0.3) is 11.1 Å². The molecule has 0 amide bonds. The quantitative estimate of drug-likeness (QED) is 0.334. The first-order chi connectivity index (χ1) is 17.2. The number of hydrogen-bond acceptors (Lipinski definition) is 3. The molecular formula is C27H30F6O3. The lowest BCUT2D eigenvalue weighted by atomic mass is 9.78. The average molecular weight is 517 g/mol. The van der Waals surface area contributed by atoms with Crippen LogP contribution >= 0.6 is 0 Å². The van der Waals surface area contributed by atoms with Crippen molar-refractivity contribution in [2.75, 3.05) is 13.2 Å². The Morgan fingerprint density at radius 2 is 1.64 bits per heavy atom. The molecule has 2 fully saturated rings. The molecule has 3 nitrogen and oxygen atoms in total. The maximum absolute atomic E-state index is 15.0. The van der Waals surface area contributed by atoms with Crippen LogP contribution in [0.2, 0.25) is 0 Å². The third-order valence-electron chi connectivity index (χ3n) is 7.05. The van der Waals surface area contributed by atoms with Gasteiger partial charge in [0.2, 0.25) is 0 Å². The van der Waals surface area contributed by atoms with Gasteiger partial charge in [-0.2, -0.15) is 17.6 Å². The Morgan fingerprint density at radius 1 is 0.944 bits per heavy atom. The van der Waals surface area contributed by atoms with E-state index in [4.69, 9.17) is 9.47 Å². The predicted octanol–water partition coefficient (Wildman–Crippen LogP) is 7.93. The van der Waals surface area contributed by atoms with Gasteiger partial charge >= 0.3 is 12.5 Å². The number of hydrogen-bond donors (Lipinski definition) is 0. The molecule has 0 unspecified atom stereocenters. The summed E-state index contributed by atoms with van der Waals surface area (Å²) in [6.07, 6.45) is -3.37. The molecule has 1 heterocycles. The molecule has 198 valence electrons. The topological polar surface area (TPSA) is 27.7 Å². The summed E-state index contributed by atoms with van der Waals surface area (Å²) in [6, 6.07) is 7.43. The molecule has 1 aliphatic carbocycles. The molecule has 0 atom stereocenters. The fourth-order valence-electron chi connectivity index (χ4n) is 5.09. The van der Waals surface area contributed by atoms with E-state index in [1.54, 1.807) is 6.07 Å². The van der Waals surface area contributed by atoms with E-state index in [-0.39, 0.29) is 23.3 Å². The number of alkyl halides is 4. The van der Waals surface area contributed by atoms with Crippen molar-refractivity contribution < 1.29 is 40.6 Å². The van der Waals surface area contributed by atoms with Gasteiger partial charge in [-0.3, -0.25) is 0 Å². The first-order valence-corrected chi connectivity index (χ1v) is 12.4. The van der Waals surface area contributed by atoms with Gasteiger partial charge in [-0.15, -0.1) is 0 Å². The minimum atomic E-state index is -4.83. The summed E-state index contributed by atoms with van der Waals surface area (Å²) in [5, 5.41) is 0. The zero-order valence-corrected chi connectivity index (χ0v) is 20.0. The minimum absolute atomic E-state index is 0.0733. The van der Waals surface area contributed by atoms with Crippen molar-refractivity contribution in [2.24, 2.45) is 11.8 Å². The normalized spacial score (nSPS) is 25.2. The molecule has 2 aromatic carbocycles. The Balaban J connectivity index is 1.37. The summed E-state index contributed by atoms with van der Waals surface area (Å²) in [4.78, 5) is 0. The second kappa shape index (κ2) is 11.4. The van der Waals surface area contributed by atoms with Crippen LogP contribution < -0.4 is 4.74 Å². The van der Waals surface area contributed by atoms with Gasteiger partial charge in [0.15, 0.2) is 17.9 Å². The molecule has 36 heavy (non-hydrogen) atoms. The minimum Gasteiger partial charge on any atom is -0.425 e. The van der Waals surface area contributed by atoms with E-state index >= 15 is 0 Å². The van der Waals surface area contributed by atoms with Crippen molar-refractivity contribution in [3.63, 3.8) is 0 Å². The average Bonchev–Trinajstić information content (AvgIpc) is 2.86. The van der Waals surface area contributed by atoms with Crippen LogP contribution in [0.5, 0.6) is 5.75 Å². The lowest BCUT2D eigenvalue weighted by Gasteiger charge is -2.37. The van der Waals surface area contributed by atoms with E-state index in [2.05, 4.69) is 11.7 Å². The highest BCUT2D eigenvalue weighted by Gasteiger charge is 2.44. The number of benzene rings is 2. The monoisotopic (exact) mass is 516 g/mol. The molecule has 0 bridgehead atoms. The summed E-state index contributed by atoms with van der Waals surface area (Å²) in [7, 11) is 0. The van der Waals surface area contributed by atoms with Gasteiger partial charge in [0, 0.05) is 17.4 Å². The standard InChI is InChI=1S/C27H30F6O3/c1-2-3-16-14-34-25(35-15-16)18-6-4-17(5-7-18)19-8-10-21(22(28)12-19)20-9-11-24(23(29)13-20)36-27(32,33)26(30)31/h8-13,16-18,25-26H,2-7,14-15H2,1H3. The largest absolute Gasteiger partial charge is 0.461 e. The van der Waals surface area contributed by atoms with Crippen LogP contribution in [0.4, 0.5) is 26.3 Å². The lowest BCUT2D eigenvalue weighted by Crippen LogP contribution is -2.38. The van der Waals surface area contributed by atoms with Crippen molar-refractivity contribution in [2.45, 2.75) is 70.2 Å². The fraction of sp³-hybridized carbons (Fsp3) is 0.556. The molecule has 1 saturated carbocycles. The van der Waals surface area contributed by atoms with E-state index in [9.17, 15) is 26.3 Å². The van der Waals surface area contributed by atoms with Crippen LogP contribution in [-0.2, 0) is 9.47 Å². The Bertz CT molecular complexity index is 1010. The Hall–Kier alpha value is -2.26. The summed E-state index contributed by atoms with van der Waals surface area (Å²) in [6.45, 7) is 3.61. The maximum atomic E-state index is 15.0. The van der Waals surface area contributed by atoms with Crippen molar-refractivity contribution in [1.82, 2.24) is 0 Å². The predicted molar refractivity (Wildman–Crippen MR) is 122 cm³/mol. The van der Waals surface area contributed by atoms with Gasteiger partial charge in [-0.05, 0) is 67.3 Å². The highest BCUT2D eigenvalue weighted by molar-refractivity contribution is 5.65. The van der Waals surface area contributed by atoms with Crippen LogP contribution in [0, 0.1) is 23.5 Å². The zero-order chi connectivity index (χ0) is 25.9. The Kier molecular flexibility index (Phi) is 8.50. The van der Waals surface area contributed by atoms with Crippen LogP contribution in [-0.4, -0.2) is 32.0 Å². The van der Waals surface area contributed by atoms with E-state index in [0.29, 0.717) is 11.8 Å². The molecule has 4 rings (SSSR count). The summed E-state index contributed by atoms with van der Waals surface area (Å²) >= 11 is 0. The second-order valence-corrected chi connectivity index (χ2v) is 9.65. The number of ether oxygens (including phenoxy) is 3. The van der Waals surface area contributed by atoms with Gasteiger partial charge in [0.25, 0.3) is 0 Å². The van der Waals surface area contributed by atoms with E-state index < -0.39 is 29.9 Å². The highest BCUT2D eigenvalue weighted by Crippen LogP contribution is 2.40. The summed E-state index contributed by atoms with van der Waals surface area (Å²) in [5.41, 5.74) is 0.991. The molecule has 0 spiro atoms. The van der Waals surface area contributed by atoms with Crippen molar-refractivity contribution in [1.29, 1.82) is 0 Å². The fourth-order valence-corrected chi connectivity index (χ4v) is 5.09. The lowest BCUT2D eigenvalue weighted by molar-refractivity contribution is -0.254. The maximum Gasteiger partial charge on any atom is 0.461 e. The van der Waals surface area contributed by atoms with E-state index in [1.165, 1.54) is 12.1 Å². The van der Waals surface area contributed by atoms with Gasteiger partial charge in [0.1, 0.15) is 5.82 Å². The number of halogens is 6. The first kappa shape index (κ1) is 26.8. The molecule has 0 radical (unpaired) electrons. The van der Waals surface area contributed by atoms with Crippen LogP contribution in [0.15, 0.2) is 36.4 Å². The Labute approximate surface area is 206 Å². The zero-order valence-electron chi connectivity index (χ0n) is 20.0. The second-order valence-electron chi connectivity index (χ2n) is 9.65. The van der Waals surface area contributed by atoms with Gasteiger partial charge in [-0.25, -0.2) is 8.78 Å². The highest BCUT2D eigenvalue weighted by atomic mass is 19.3. The summed E-state index contributed by atoms with van der Waals surface area (Å²) < 4.78 is 95.7. The van der Waals surface area contributed by atoms with Gasteiger partial charge in [-0.1, -0.05) is 31.5 Å². The van der Waals surface area contributed by atoms with Crippen LogP contribution in [0.3, 0.4) is 0 Å². The molecule has 2 aromatic rings. The molecule has 0 aromatic heterocycles. The smallest absolute Gasteiger partial charge is 0.425 e. The van der Waals surface area contributed by atoms with Crippen molar-refractivity contribution >= 4 is 0 Å². The molecule has 9 heteroatoms. The van der Waals surface area contributed by atoms with E-state index in [0.717, 1.165) is 75.5 Å². The number of rotatable bonds is 8. The SMILES string of the molecule is CCCC1COC(C2CCC(c3ccc(-c4ccc(OC(F)(F)C(F)F)c(F)c4)c(F)c3)CC2)OC1. The van der Waals surface area contributed by atoms with Crippen molar-refractivity contribution in [3.8, 4) is 16.9 Å². The summed E-state index contributed by atoms with van der Waals surface area (Å²) in [5.74, 6) is -1.96. The molecular weight excluding hydrogens is 486 g/mol. The molecule has 1 saturated heterocycles. The van der Waals surface area contributed by atoms with E-state index in [1.807, 2.05) is 0 Å². The van der Waals surface area contributed by atoms with Crippen molar-refractivity contribution in [3.05, 3.63) is 53.6 Å². The Morgan fingerprint density at radius 3 is 2.22 bits per heavy atom. The molecule has 0 N–H and O–H groups in total. The van der Waals surface area contributed by atoms with Gasteiger partial charge in [0.05, 0.1) is 13.2 Å². The van der Waals surface area contributed by atoms with Crippen LogP contribution in [0.1, 0.15) is 56.9 Å². The third-order valence-corrected chi connectivity index (χ3v) is 7.05.